The Labute approximate surface area is 112 Å². The summed E-state index contributed by atoms with van der Waals surface area (Å²) in [6.07, 6.45) is 3.36. The van der Waals surface area contributed by atoms with Gasteiger partial charge in [0.2, 0.25) is 0 Å². The molecule has 0 amide bonds. The van der Waals surface area contributed by atoms with Gasteiger partial charge in [0.1, 0.15) is 0 Å². The molecule has 1 aromatic rings. The van der Waals surface area contributed by atoms with Crippen molar-refractivity contribution >= 4 is 15.9 Å². The number of hydrogen-bond acceptors (Lipinski definition) is 2. The quantitative estimate of drug-likeness (QED) is 0.877. The summed E-state index contributed by atoms with van der Waals surface area (Å²) >= 11 is 3.59. The van der Waals surface area contributed by atoms with Crippen LogP contribution in [-0.2, 0) is 19.9 Å². The molecule has 1 rings (SSSR count). The molecule has 4 heteroatoms. The summed E-state index contributed by atoms with van der Waals surface area (Å²) in [5.41, 5.74) is 2.17. The van der Waals surface area contributed by atoms with Gasteiger partial charge in [0, 0.05) is 13.5 Å². The number of aliphatic hydroxyl groups excluding tert-OH is 1. The maximum atomic E-state index is 10.2. The van der Waals surface area contributed by atoms with Gasteiger partial charge in [-0.2, -0.15) is 5.10 Å². The Hall–Kier alpha value is -0.350. The molecule has 0 aromatic carbocycles. The Morgan fingerprint density at radius 1 is 1.29 bits per heavy atom. The third-order valence-electron chi connectivity index (χ3n) is 3.50. The monoisotopic (exact) mass is 302 g/mol. The SMILES string of the molecule is CCc1nn(C)c(CC(O)C(CC)CC)c1Br. The van der Waals surface area contributed by atoms with Crippen LogP contribution in [0.4, 0.5) is 0 Å². The molecule has 3 nitrogen and oxygen atoms in total. The highest BCUT2D eigenvalue weighted by molar-refractivity contribution is 9.10. The van der Waals surface area contributed by atoms with Gasteiger partial charge in [0.05, 0.1) is 22.0 Å². The van der Waals surface area contributed by atoms with Crippen molar-refractivity contribution in [2.24, 2.45) is 13.0 Å². The number of aryl methyl sites for hydroxylation is 2. The van der Waals surface area contributed by atoms with Crippen molar-refractivity contribution in [1.29, 1.82) is 0 Å². The van der Waals surface area contributed by atoms with E-state index in [-0.39, 0.29) is 6.10 Å². The van der Waals surface area contributed by atoms with Crippen LogP contribution in [-0.4, -0.2) is 21.0 Å². The summed E-state index contributed by atoms with van der Waals surface area (Å²) in [6.45, 7) is 6.36. The van der Waals surface area contributed by atoms with E-state index in [0.29, 0.717) is 12.3 Å². The van der Waals surface area contributed by atoms with E-state index in [9.17, 15) is 5.11 Å². The standard InChI is InChI=1S/C13H23BrN2O/c1-5-9(6-2)12(17)8-11-13(14)10(7-3)15-16(11)4/h9,12,17H,5-8H2,1-4H3. The number of aromatic nitrogens is 2. The van der Waals surface area contributed by atoms with E-state index in [2.05, 4.69) is 41.8 Å². The van der Waals surface area contributed by atoms with Crippen molar-refractivity contribution in [2.45, 2.75) is 52.6 Å². The lowest BCUT2D eigenvalue weighted by atomic mass is 9.93. The fraction of sp³-hybridized carbons (Fsp3) is 0.769. The molecule has 1 N–H and O–H groups in total. The number of hydrogen-bond donors (Lipinski definition) is 1. The second kappa shape index (κ2) is 6.55. The van der Waals surface area contributed by atoms with Crippen molar-refractivity contribution in [1.82, 2.24) is 9.78 Å². The molecule has 0 spiro atoms. The Balaban J connectivity index is 2.84. The van der Waals surface area contributed by atoms with Crippen molar-refractivity contribution in [3.63, 3.8) is 0 Å². The van der Waals surface area contributed by atoms with Crippen molar-refractivity contribution in [2.75, 3.05) is 0 Å². The van der Waals surface area contributed by atoms with Crippen LogP contribution < -0.4 is 0 Å². The molecule has 0 saturated heterocycles. The van der Waals surface area contributed by atoms with Gasteiger partial charge in [-0.15, -0.1) is 0 Å². The maximum Gasteiger partial charge on any atom is 0.0766 e. The van der Waals surface area contributed by atoms with Crippen LogP contribution in [0, 0.1) is 5.92 Å². The number of rotatable bonds is 6. The Morgan fingerprint density at radius 2 is 1.88 bits per heavy atom. The van der Waals surface area contributed by atoms with E-state index in [1.807, 2.05) is 11.7 Å². The molecule has 1 atom stereocenters. The average molecular weight is 303 g/mol. The van der Waals surface area contributed by atoms with Gasteiger partial charge in [-0.05, 0) is 28.3 Å². The van der Waals surface area contributed by atoms with Gasteiger partial charge >= 0.3 is 0 Å². The predicted molar refractivity (Wildman–Crippen MR) is 74.1 cm³/mol. The third-order valence-corrected chi connectivity index (χ3v) is 4.41. The Kier molecular flexibility index (Phi) is 5.67. The normalized spacial score (nSPS) is 13.4. The first kappa shape index (κ1) is 14.7. The molecular weight excluding hydrogens is 280 g/mol. The van der Waals surface area contributed by atoms with Gasteiger partial charge in [0.25, 0.3) is 0 Å². The van der Waals surface area contributed by atoms with Gasteiger partial charge in [-0.1, -0.05) is 33.6 Å². The summed E-state index contributed by atoms with van der Waals surface area (Å²) in [7, 11) is 1.94. The zero-order chi connectivity index (χ0) is 13.0. The molecule has 0 aliphatic heterocycles. The lowest BCUT2D eigenvalue weighted by Crippen LogP contribution is -2.23. The van der Waals surface area contributed by atoms with E-state index < -0.39 is 0 Å². The van der Waals surface area contributed by atoms with E-state index in [0.717, 1.165) is 35.1 Å². The summed E-state index contributed by atoms with van der Waals surface area (Å²) in [5.74, 6) is 0.377. The number of aliphatic hydroxyl groups is 1. The Bertz CT molecular complexity index is 359. The van der Waals surface area contributed by atoms with E-state index >= 15 is 0 Å². The molecule has 1 unspecified atom stereocenters. The largest absolute Gasteiger partial charge is 0.392 e. The highest BCUT2D eigenvalue weighted by Gasteiger charge is 2.20. The minimum Gasteiger partial charge on any atom is -0.392 e. The minimum atomic E-state index is -0.276. The summed E-state index contributed by atoms with van der Waals surface area (Å²) < 4.78 is 2.95. The van der Waals surface area contributed by atoms with Gasteiger partial charge in [0.15, 0.2) is 0 Å². The van der Waals surface area contributed by atoms with Crippen LogP contribution in [0.3, 0.4) is 0 Å². The third kappa shape index (κ3) is 3.32. The van der Waals surface area contributed by atoms with Gasteiger partial charge < -0.3 is 5.11 Å². The van der Waals surface area contributed by atoms with Crippen molar-refractivity contribution in [3.05, 3.63) is 15.9 Å². The molecule has 0 fully saturated rings. The smallest absolute Gasteiger partial charge is 0.0766 e. The highest BCUT2D eigenvalue weighted by Crippen LogP contribution is 2.25. The van der Waals surface area contributed by atoms with Crippen LogP contribution in [0.15, 0.2) is 4.47 Å². The maximum absolute atomic E-state index is 10.2. The molecule has 1 heterocycles. The molecule has 0 saturated carbocycles. The zero-order valence-electron chi connectivity index (χ0n) is 11.2. The molecule has 0 radical (unpaired) electrons. The minimum absolute atomic E-state index is 0.276. The molecule has 17 heavy (non-hydrogen) atoms. The van der Waals surface area contributed by atoms with Gasteiger partial charge in [-0.3, -0.25) is 4.68 Å². The molecule has 0 aliphatic carbocycles. The molecule has 0 aliphatic rings. The lowest BCUT2D eigenvalue weighted by molar-refractivity contribution is 0.101. The van der Waals surface area contributed by atoms with Crippen molar-refractivity contribution < 1.29 is 5.11 Å². The number of nitrogens with zero attached hydrogens (tertiary/aromatic N) is 2. The van der Waals surface area contributed by atoms with Crippen LogP contribution >= 0.6 is 15.9 Å². The first-order valence-electron chi connectivity index (χ1n) is 6.43. The van der Waals surface area contributed by atoms with Crippen LogP contribution in [0.5, 0.6) is 0 Å². The zero-order valence-corrected chi connectivity index (χ0v) is 12.8. The number of halogens is 1. The summed E-state index contributed by atoms with van der Waals surface area (Å²) in [4.78, 5) is 0. The van der Waals surface area contributed by atoms with Gasteiger partial charge in [-0.25, -0.2) is 0 Å². The molecular formula is C13H23BrN2O. The summed E-state index contributed by atoms with van der Waals surface area (Å²) in [6, 6.07) is 0. The van der Waals surface area contributed by atoms with E-state index in [4.69, 9.17) is 0 Å². The van der Waals surface area contributed by atoms with Crippen LogP contribution in [0.1, 0.15) is 45.0 Å². The molecule has 1 aromatic heterocycles. The van der Waals surface area contributed by atoms with Crippen molar-refractivity contribution in [3.8, 4) is 0 Å². The first-order chi connectivity index (χ1) is 8.04. The predicted octanol–water partition coefficient (Wildman–Crippen LogP) is 3.08. The van der Waals surface area contributed by atoms with Crippen LogP contribution in [0.25, 0.3) is 0 Å². The summed E-state index contributed by atoms with van der Waals surface area (Å²) in [5, 5.41) is 14.7. The molecule has 0 bridgehead atoms. The lowest BCUT2D eigenvalue weighted by Gasteiger charge is -2.20. The fourth-order valence-corrected chi connectivity index (χ4v) is 3.02. The average Bonchev–Trinajstić information content (AvgIpc) is 2.58. The van der Waals surface area contributed by atoms with E-state index in [1.165, 1.54) is 0 Å². The first-order valence-corrected chi connectivity index (χ1v) is 7.22. The second-order valence-corrected chi connectivity index (χ2v) is 5.33. The highest BCUT2D eigenvalue weighted by atomic mass is 79.9. The molecule has 98 valence electrons. The topological polar surface area (TPSA) is 38.0 Å². The van der Waals surface area contributed by atoms with E-state index in [1.54, 1.807) is 0 Å². The van der Waals surface area contributed by atoms with Crippen LogP contribution in [0.2, 0.25) is 0 Å². The Morgan fingerprint density at radius 3 is 2.29 bits per heavy atom. The fourth-order valence-electron chi connectivity index (χ4n) is 2.24. The second-order valence-electron chi connectivity index (χ2n) is 4.53.